The van der Waals surface area contributed by atoms with Gasteiger partial charge in [-0.05, 0) is 13.8 Å². The molecular weight excluding hydrogens is 194 g/mol. The van der Waals surface area contributed by atoms with Gasteiger partial charge in [-0.1, -0.05) is 18.2 Å². The zero-order chi connectivity index (χ0) is 11.8. The first-order chi connectivity index (χ1) is 7.59. The van der Waals surface area contributed by atoms with Crippen LogP contribution in [0.4, 0.5) is 5.69 Å². The second-order valence-corrected chi connectivity index (χ2v) is 4.83. The predicted octanol–water partition coefficient (Wildman–Crippen LogP) is 3.11. The molecule has 0 N–H and O–H groups in total. The van der Waals surface area contributed by atoms with Gasteiger partial charge in [0.2, 0.25) is 5.69 Å². The molecule has 0 bridgehead atoms. The van der Waals surface area contributed by atoms with Gasteiger partial charge in [-0.25, -0.2) is 0 Å². The zero-order valence-electron chi connectivity index (χ0n) is 10.2. The van der Waals surface area contributed by atoms with Crippen molar-refractivity contribution in [2.24, 2.45) is 0 Å². The van der Waals surface area contributed by atoms with E-state index < -0.39 is 0 Å². The van der Waals surface area contributed by atoms with Crippen molar-refractivity contribution in [3.05, 3.63) is 29.8 Å². The van der Waals surface area contributed by atoms with Crippen molar-refractivity contribution in [1.82, 2.24) is 0 Å². The topological polar surface area (TPSA) is 3.01 Å². The molecule has 0 unspecified atom stereocenters. The number of hydrogen-bond acceptors (Lipinski definition) is 0. The van der Waals surface area contributed by atoms with Crippen LogP contribution in [-0.4, -0.2) is 16.8 Å². The third-order valence-electron chi connectivity index (χ3n) is 3.66. The highest BCUT2D eigenvalue weighted by Gasteiger charge is 2.42. The van der Waals surface area contributed by atoms with Crippen molar-refractivity contribution in [3.63, 3.8) is 0 Å². The molecule has 1 heteroatoms. The van der Waals surface area contributed by atoms with Gasteiger partial charge in [-0.2, -0.15) is 4.58 Å². The number of benzene rings is 1. The monoisotopic (exact) mass is 212 g/mol. The molecule has 0 aliphatic carbocycles. The van der Waals surface area contributed by atoms with Crippen LogP contribution in [0.25, 0.3) is 0 Å². The summed E-state index contributed by atoms with van der Waals surface area (Å²) in [6.07, 6.45) is 6.15. The Balaban J connectivity index is 2.52. The molecule has 16 heavy (non-hydrogen) atoms. The molecule has 0 radical (unpaired) electrons. The molecule has 1 aromatic rings. The lowest BCUT2D eigenvalue weighted by Crippen LogP contribution is -2.26. The van der Waals surface area contributed by atoms with E-state index in [9.17, 15) is 0 Å². The van der Waals surface area contributed by atoms with E-state index >= 15 is 0 Å². The average molecular weight is 212 g/mol. The molecule has 0 saturated carbocycles. The third kappa shape index (κ3) is 1.46. The van der Waals surface area contributed by atoms with E-state index in [1.54, 1.807) is 0 Å². The summed E-state index contributed by atoms with van der Waals surface area (Å²) in [5, 5.41) is 0. The maximum atomic E-state index is 5.35. The first-order valence-electron chi connectivity index (χ1n) is 5.73. The molecule has 0 spiro atoms. The van der Waals surface area contributed by atoms with Gasteiger partial charge < -0.3 is 0 Å². The van der Waals surface area contributed by atoms with Crippen LogP contribution in [0, 0.1) is 12.3 Å². The highest BCUT2D eigenvalue weighted by atomic mass is 15.1. The Bertz CT molecular complexity index is 486. The van der Waals surface area contributed by atoms with E-state index in [-0.39, 0.29) is 5.41 Å². The molecule has 0 atom stereocenters. The van der Waals surface area contributed by atoms with E-state index in [0.717, 1.165) is 13.0 Å². The molecule has 2 rings (SSSR count). The molecule has 1 aliphatic heterocycles. The fourth-order valence-electron chi connectivity index (χ4n) is 2.41. The molecule has 0 fully saturated rings. The molecule has 0 aromatic heterocycles. The molecule has 1 nitrogen and oxygen atoms in total. The van der Waals surface area contributed by atoms with Crippen LogP contribution in [0.1, 0.15) is 32.8 Å². The van der Waals surface area contributed by atoms with Crippen LogP contribution in [0.2, 0.25) is 0 Å². The average Bonchev–Trinajstić information content (AvgIpc) is 2.47. The Morgan fingerprint density at radius 1 is 1.31 bits per heavy atom. The summed E-state index contributed by atoms with van der Waals surface area (Å²) in [5.74, 6) is 2.72. The smallest absolute Gasteiger partial charge is 0.198 e. The van der Waals surface area contributed by atoms with Crippen LogP contribution in [0.5, 0.6) is 0 Å². The maximum Gasteiger partial charge on any atom is 0.209 e. The summed E-state index contributed by atoms with van der Waals surface area (Å²) in [7, 11) is 0. The van der Waals surface area contributed by atoms with Gasteiger partial charge >= 0.3 is 0 Å². The number of fused-ring (bicyclic) bond motifs is 1. The molecular formula is C15H18N+. The second kappa shape index (κ2) is 3.79. The van der Waals surface area contributed by atoms with Gasteiger partial charge in [0.15, 0.2) is 12.3 Å². The Morgan fingerprint density at radius 2 is 2.00 bits per heavy atom. The van der Waals surface area contributed by atoms with Crippen molar-refractivity contribution in [2.45, 2.75) is 32.6 Å². The number of hydrogen-bond donors (Lipinski definition) is 0. The summed E-state index contributed by atoms with van der Waals surface area (Å²) >= 11 is 0. The fraction of sp³-hybridized carbons (Fsp3) is 0.400. The minimum absolute atomic E-state index is 0.130. The summed E-state index contributed by atoms with van der Waals surface area (Å²) < 4.78 is 2.36. The second-order valence-electron chi connectivity index (χ2n) is 4.83. The van der Waals surface area contributed by atoms with Crippen molar-refractivity contribution in [1.29, 1.82) is 0 Å². The van der Waals surface area contributed by atoms with Crippen molar-refractivity contribution < 1.29 is 4.58 Å². The minimum atomic E-state index is 0.130. The molecule has 82 valence electrons. The van der Waals surface area contributed by atoms with E-state index in [1.165, 1.54) is 17.0 Å². The fourth-order valence-corrected chi connectivity index (χ4v) is 2.41. The zero-order valence-corrected chi connectivity index (χ0v) is 10.2. The molecule has 1 heterocycles. The Hall–Kier alpha value is -1.55. The van der Waals surface area contributed by atoms with Gasteiger partial charge in [0.1, 0.15) is 0 Å². The highest BCUT2D eigenvalue weighted by molar-refractivity contribution is 5.93. The van der Waals surface area contributed by atoms with Crippen molar-refractivity contribution in [3.8, 4) is 12.3 Å². The molecule has 0 saturated heterocycles. The minimum Gasteiger partial charge on any atom is -0.198 e. The summed E-state index contributed by atoms with van der Waals surface area (Å²) in [6.45, 7) is 7.67. The van der Waals surface area contributed by atoms with E-state index in [2.05, 4.69) is 55.5 Å². The van der Waals surface area contributed by atoms with Crippen molar-refractivity contribution in [2.75, 3.05) is 6.54 Å². The van der Waals surface area contributed by atoms with Gasteiger partial charge in [0.05, 0.1) is 11.8 Å². The highest BCUT2D eigenvalue weighted by Crippen LogP contribution is 2.38. The Labute approximate surface area is 97.8 Å². The van der Waals surface area contributed by atoms with Crippen molar-refractivity contribution >= 4 is 11.4 Å². The van der Waals surface area contributed by atoms with Gasteiger partial charge in [-0.15, -0.1) is 12.3 Å². The summed E-state index contributed by atoms with van der Waals surface area (Å²) in [5.41, 5.74) is 4.25. The SMILES string of the molecule is C#CCC[N+]1=C(C)C(C)(C)c2ccccc21. The first-order valence-corrected chi connectivity index (χ1v) is 5.73. The molecule has 0 amide bonds. The van der Waals surface area contributed by atoms with Gasteiger partial charge in [0, 0.05) is 18.6 Å². The van der Waals surface area contributed by atoms with E-state index in [0.29, 0.717) is 0 Å². The molecule has 1 aromatic carbocycles. The van der Waals surface area contributed by atoms with Crippen LogP contribution in [0.3, 0.4) is 0 Å². The van der Waals surface area contributed by atoms with Crippen LogP contribution >= 0.6 is 0 Å². The number of rotatable bonds is 2. The maximum absolute atomic E-state index is 5.35. The lowest BCUT2D eigenvalue weighted by atomic mass is 9.82. The Kier molecular flexibility index (Phi) is 2.59. The number of nitrogens with zero attached hydrogens (tertiary/aromatic N) is 1. The van der Waals surface area contributed by atoms with E-state index in [4.69, 9.17) is 6.42 Å². The number of para-hydroxylation sites is 1. The quantitative estimate of drug-likeness (QED) is 0.523. The predicted molar refractivity (Wildman–Crippen MR) is 68.4 cm³/mol. The van der Waals surface area contributed by atoms with Crippen LogP contribution < -0.4 is 0 Å². The normalized spacial score (nSPS) is 17.1. The van der Waals surface area contributed by atoms with Gasteiger partial charge in [-0.3, -0.25) is 0 Å². The number of terminal acetylenes is 1. The van der Waals surface area contributed by atoms with Gasteiger partial charge in [0.25, 0.3) is 0 Å². The lowest BCUT2D eigenvalue weighted by Gasteiger charge is -2.14. The van der Waals surface area contributed by atoms with Crippen LogP contribution in [-0.2, 0) is 5.41 Å². The molecule has 1 aliphatic rings. The summed E-state index contributed by atoms with van der Waals surface area (Å²) in [4.78, 5) is 0. The summed E-state index contributed by atoms with van der Waals surface area (Å²) in [6, 6.07) is 8.60. The van der Waals surface area contributed by atoms with E-state index in [1.807, 2.05) is 0 Å². The lowest BCUT2D eigenvalue weighted by molar-refractivity contribution is -0.437. The largest absolute Gasteiger partial charge is 0.209 e. The standard InChI is InChI=1S/C15H18N/c1-5-6-11-16-12(2)15(3,4)13-9-7-8-10-14(13)16/h1,7-10H,6,11H2,2-4H3/q+1. The Morgan fingerprint density at radius 3 is 2.69 bits per heavy atom. The first kappa shape index (κ1) is 11.0. The third-order valence-corrected chi connectivity index (χ3v) is 3.66. The van der Waals surface area contributed by atoms with Crippen LogP contribution in [0.15, 0.2) is 24.3 Å².